The fourth-order valence-corrected chi connectivity index (χ4v) is 3.94. The van der Waals surface area contributed by atoms with E-state index in [1.165, 1.54) is 4.31 Å². The average molecular weight is 496 g/mol. The molecule has 0 unspecified atom stereocenters. The van der Waals surface area contributed by atoms with Crippen molar-refractivity contribution in [1.29, 1.82) is 0 Å². The second-order valence-corrected chi connectivity index (χ2v) is 8.40. The Labute approximate surface area is 171 Å². The molecule has 0 bridgehead atoms. The Morgan fingerprint density at radius 1 is 1.31 bits per heavy atom. The first-order chi connectivity index (χ1) is 12.0. The molecule has 1 fully saturated rings. The van der Waals surface area contributed by atoms with E-state index < -0.39 is 10.0 Å². The minimum Gasteiger partial charge on any atom is -0.490 e. The van der Waals surface area contributed by atoms with Crippen molar-refractivity contribution in [2.45, 2.75) is 13.3 Å². The van der Waals surface area contributed by atoms with Crippen LogP contribution in [0.4, 0.5) is 5.69 Å². The highest BCUT2D eigenvalue weighted by Crippen LogP contribution is 2.32. The van der Waals surface area contributed by atoms with Crippen LogP contribution < -0.4 is 20.5 Å². The number of halogens is 1. The maximum atomic E-state index is 11.7. The average Bonchev–Trinajstić information content (AvgIpc) is 2.78. The summed E-state index contributed by atoms with van der Waals surface area (Å²) in [7, 11) is -3.08. The molecule has 0 radical (unpaired) electrons. The maximum Gasteiger partial charge on any atom is 0.213 e. The molecule has 1 aromatic carbocycles. The quantitative estimate of drug-likeness (QED) is 0.364. The lowest BCUT2D eigenvalue weighted by atomic mass is 10.0. The summed E-state index contributed by atoms with van der Waals surface area (Å²) in [5.41, 5.74) is 6.69. The zero-order valence-electron chi connectivity index (χ0n) is 14.7. The number of anilines is 1. The lowest BCUT2D eigenvalue weighted by Gasteiger charge is -2.37. The van der Waals surface area contributed by atoms with Gasteiger partial charge in [0.15, 0.2) is 17.5 Å². The molecule has 0 spiro atoms. The number of rotatable bonds is 5. The van der Waals surface area contributed by atoms with Crippen LogP contribution in [0.1, 0.15) is 13.3 Å². The summed E-state index contributed by atoms with van der Waals surface area (Å²) in [5, 5.41) is 3.03. The van der Waals surface area contributed by atoms with Crippen LogP contribution in [0.3, 0.4) is 0 Å². The van der Waals surface area contributed by atoms with Crippen molar-refractivity contribution >= 4 is 45.6 Å². The van der Waals surface area contributed by atoms with Crippen LogP contribution in [0, 0.1) is 5.92 Å². The number of benzene rings is 1. The summed E-state index contributed by atoms with van der Waals surface area (Å²) < 4.78 is 36.1. The molecule has 3 rings (SSSR count). The molecule has 0 amide bonds. The smallest absolute Gasteiger partial charge is 0.213 e. The van der Waals surface area contributed by atoms with Gasteiger partial charge in [-0.3, -0.25) is 4.99 Å². The van der Waals surface area contributed by atoms with Crippen molar-refractivity contribution in [3.05, 3.63) is 18.2 Å². The molecule has 0 aromatic heterocycles. The lowest BCUT2D eigenvalue weighted by molar-refractivity contribution is 0.208. The minimum absolute atomic E-state index is 0. The Kier molecular flexibility index (Phi) is 7.35. The van der Waals surface area contributed by atoms with Crippen LogP contribution >= 0.6 is 24.0 Å². The van der Waals surface area contributed by atoms with E-state index >= 15 is 0 Å². The molecule has 10 heteroatoms. The highest BCUT2D eigenvalue weighted by Gasteiger charge is 2.34. The summed E-state index contributed by atoms with van der Waals surface area (Å²) in [4.78, 5) is 4.30. The third kappa shape index (κ3) is 5.13. The summed E-state index contributed by atoms with van der Waals surface area (Å²) in [6, 6.07) is 5.53. The summed E-state index contributed by atoms with van der Waals surface area (Å²) in [5.74, 6) is 2.06. The number of hydrogen-bond donors (Lipinski definition) is 2. The fourth-order valence-electron chi connectivity index (χ4n) is 2.70. The van der Waals surface area contributed by atoms with E-state index in [1.807, 2.05) is 18.2 Å². The number of sulfonamides is 1. The first-order valence-corrected chi connectivity index (χ1v) is 10.0. The standard InChI is InChI=1S/C16H24N4O4S.HI/c1-2-25(21,22)20-10-12(11-20)9-18-16(17)19-13-4-5-14-15(8-13)24-7-3-6-23-14;/h4-5,8,12H,2-3,6-7,9-11H2,1H3,(H3,17,18,19);1H. The second kappa shape index (κ2) is 9.09. The van der Waals surface area contributed by atoms with E-state index in [1.54, 1.807) is 6.92 Å². The predicted octanol–water partition coefficient (Wildman–Crippen LogP) is 1.47. The molecular weight excluding hydrogens is 471 g/mol. The Balaban J connectivity index is 0.00000243. The van der Waals surface area contributed by atoms with Gasteiger partial charge in [-0.15, -0.1) is 24.0 Å². The van der Waals surface area contributed by atoms with Crippen LogP contribution in [0.2, 0.25) is 0 Å². The zero-order chi connectivity index (χ0) is 17.9. The fraction of sp³-hybridized carbons (Fsp3) is 0.562. The molecule has 1 aromatic rings. The van der Waals surface area contributed by atoms with Crippen LogP contribution in [-0.2, 0) is 10.0 Å². The van der Waals surface area contributed by atoms with E-state index in [-0.39, 0.29) is 35.6 Å². The maximum absolute atomic E-state index is 11.7. The Hall–Kier alpha value is -1.27. The zero-order valence-corrected chi connectivity index (χ0v) is 17.8. The van der Waals surface area contributed by atoms with Crippen molar-refractivity contribution in [2.75, 3.05) is 43.9 Å². The molecule has 8 nitrogen and oxygen atoms in total. The van der Waals surface area contributed by atoms with Crippen molar-refractivity contribution < 1.29 is 17.9 Å². The minimum atomic E-state index is -3.08. The van der Waals surface area contributed by atoms with Gasteiger partial charge in [-0.1, -0.05) is 0 Å². The third-order valence-electron chi connectivity index (χ3n) is 4.22. The Morgan fingerprint density at radius 3 is 2.69 bits per heavy atom. The molecule has 0 atom stereocenters. The van der Waals surface area contributed by atoms with Gasteiger partial charge in [-0.25, -0.2) is 12.7 Å². The lowest BCUT2D eigenvalue weighted by Crippen LogP contribution is -2.51. The molecule has 2 aliphatic rings. The normalized spacial score (nSPS) is 18.4. The van der Waals surface area contributed by atoms with Crippen molar-refractivity contribution in [3.8, 4) is 11.5 Å². The van der Waals surface area contributed by atoms with E-state index in [0.29, 0.717) is 44.6 Å². The van der Waals surface area contributed by atoms with E-state index in [9.17, 15) is 8.42 Å². The van der Waals surface area contributed by atoms with E-state index in [4.69, 9.17) is 15.2 Å². The number of aliphatic imine (C=N–C) groups is 1. The van der Waals surface area contributed by atoms with Gasteiger partial charge in [-0.05, 0) is 19.1 Å². The highest BCUT2D eigenvalue weighted by molar-refractivity contribution is 14.0. The molecule has 3 N–H and O–H groups in total. The second-order valence-electron chi connectivity index (χ2n) is 6.15. The highest BCUT2D eigenvalue weighted by atomic mass is 127. The van der Waals surface area contributed by atoms with Gasteiger partial charge in [0.05, 0.1) is 19.0 Å². The molecule has 0 saturated carbocycles. The number of guanidine groups is 1. The Morgan fingerprint density at radius 2 is 2.00 bits per heavy atom. The largest absolute Gasteiger partial charge is 0.490 e. The van der Waals surface area contributed by atoms with E-state index in [2.05, 4.69) is 10.3 Å². The molecule has 2 heterocycles. The topological polar surface area (TPSA) is 106 Å². The first-order valence-electron chi connectivity index (χ1n) is 8.42. The molecule has 26 heavy (non-hydrogen) atoms. The number of nitrogens with one attached hydrogen (secondary N) is 1. The number of ether oxygens (including phenoxy) is 2. The molecule has 1 saturated heterocycles. The van der Waals surface area contributed by atoms with Crippen LogP contribution in [0.5, 0.6) is 11.5 Å². The van der Waals surface area contributed by atoms with Gasteiger partial charge >= 0.3 is 0 Å². The number of nitrogens with two attached hydrogens (primary N) is 1. The molecule has 0 aliphatic carbocycles. The van der Waals surface area contributed by atoms with Crippen LogP contribution in [-0.4, -0.2) is 57.3 Å². The monoisotopic (exact) mass is 496 g/mol. The van der Waals surface area contributed by atoms with Crippen LogP contribution in [0.25, 0.3) is 0 Å². The Bertz CT molecular complexity index is 751. The van der Waals surface area contributed by atoms with Crippen molar-refractivity contribution in [2.24, 2.45) is 16.6 Å². The van der Waals surface area contributed by atoms with Gasteiger partial charge in [0.25, 0.3) is 0 Å². The number of hydrogen-bond acceptors (Lipinski definition) is 5. The van der Waals surface area contributed by atoms with Gasteiger partial charge in [0.2, 0.25) is 10.0 Å². The van der Waals surface area contributed by atoms with Gasteiger partial charge < -0.3 is 20.5 Å². The molecule has 146 valence electrons. The van der Waals surface area contributed by atoms with Gasteiger partial charge in [0, 0.05) is 43.7 Å². The third-order valence-corrected chi connectivity index (χ3v) is 6.04. The van der Waals surface area contributed by atoms with Crippen molar-refractivity contribution in [3.63, 3.8) is 0 Å². The van der Waals surface area contributed by atoms with E-state index in [0.717, 1.165) is 17.9 Å². The summed E-state index contributed by atoms with van der Waals surface area (Å²) in [6.07, 6.45) is 0.854. The first kappa shape index (κ1) is 21.0. The van der Waals surface area contributed by atoms with Crippen LogP contribution in [0.15, 0.2) is 23.2 Å². The summed E-state index contributed by atoms with van der Waals surface area (Å²) >= 11 is 0. The number of nitrogens with zero attached hydrogens (tertiary/aromatic N) is 2. The number of fused-ring (bicyclic) bond motifs is 1. The van der Waals surface area contributed by atoms with Crippen molar-refractivity contribution in [1.82, 2.24) is 4.31 Å². The summed E-state index contributed by atoms with van der Waals surface area (Å²) in [6.45, 7) is 4.44. The van der Waals surface area contributed by atoms with Gasteiger partial charge in [-0.2, -0.15) is 0 Å². The predicted molar refractivity (Wildman–Crippen MR) is 112 cm³/mol. The SMILES string of the molecule is CCS(=O)(=O)N1CC(CN=C(N)Nc2ccc3c(c2)OCCCO3)C1.I. The van der Waals surface area contributed by atoms with Gasteiger partial charge in [0.1, 0.15) is 0 Å². The molecule has 2 aliphatic heterocycles. The molecular formula is C16H25IN4O4S.